The fourth-order valence-electron chi connectivity index (χ4n) is 3.85. The van der Waals surface area contributed by atoms with Crippen molar-refractivity contribution in [2.75, 3.05) is 18.4 Å². The minimum absolute atomic E-state index is 0.0370. The van der Waals surface area contributed by atoms with Crippen molar-refractivity contribution in [1.29, 1.82) is 0 Å². The number of aromatic nitrogens is 1. The molecule has 1 aromatic heterocycles. The van der Waals surface area contributed by atoms with Crippen LogP contribution in [0.25, 0.3) is 11.3 Å². The van der Waals surface area contributed by atoms with Crippen LogP contribution in [0.5, 0.6) is 0 Å². The molecule has 1 fully saturated rings. The minimum atomic E-state index is -3.79. The summed E-state index contributed by atoms with van der Waals surface area (Å²) < 4.78 is 33.4. The van der Waals surface area contributed by atoms with Crippen LogP contribution < -0.4 is 5.32 Å². The Labute approximate surface area is 202 Å². The third-order valence-electron chi connectivity index (χ3n) is 5.33. The molecule has 10 heteroatoms. The predicted octanol–water partition coefficient (Wildman–Crippen LogP) is 4.06. The van der Waals surface area contributed by atoms with Gasteiger partial charge in [0.2, 0.25) is 10.0 Å². The second kappa shape index (κ2) is 9.75. The number of morpholine rings is 1. The molecule has 4 rings (SSSR count). The molecule has 34 heavy (non-hydrogen) atoms. The fraction of sp³-hybridized carbons (Fsp3) is 0.292. The average molecular weight is 500 g/mol. The number of nitrogens with one attached hydrogen (secondary N) is 1. The van der Waals surface area contributed by atoms with Crippen molar-refractivity contribution < 1.29 is 22.7 Å². The summed E-state index contributed by atoms with van der Waals surface area (Å²) in [6, 6.07) is 15.1. The molecule has 1 N–H and O–H groups in total. The highest BCUT2D eigenvalue weighted by Gasteiger charge is 2.32. The normalized spacial score (nSPS) is 19.0. The number of hydrogen-bond acceptors (Lipinski definition) is 7. The van der Waals surface area contributed by atoms with Crippen LogP contribution in [0.15, 0.2) is 59.5 Å². The van der Waals surface area contributed by atoms with Gasteiger partial charge in [0, 0.05) is 31.1 Å². The molecule has 0 spiro atoms. The Morgan fingerprint density at radius 1 is 1.06 bits per heavy atom. The van der Waals surface area contributed by atoms with E-state index in [1.807, 2.05) is 44.2 Å². The van der Waals surface area contributed by atoms with E-state index in [-0.39, 0.29) is 46.7 Å². The molecule has 1 aliphatic rings. The zero-order valence-corrected chi connectivity index (χ0v) is 20.7. The van der Waals surface area contributed by atoms with Crippen LogP contribution in [0.3, 0.4) is 0 Å². The number of carbonyl (C=O) groups excluding carboxylic acids is 2. The van der Waals surface area contributed by atoms with Gasteiger partial charge >= 0.3 is 0 Å². The van der Waals surface area contributed by atoms with Gasteiger partial charge < -0.3 is 4.74 Å². The quantitative estimate of drug-likeness (QED) is 0.513. The van der Waals surface area contributed by atoms with Gasteiger partial charge in [-0.3, -0.25) is 14.9 Å². The summed E-state index contributed by atoms with van der Waals surface area (Å²) in [5.74, 6) is -0.664. The number of carbonyl (C=O) groups is 2. The van der Waals surface area contributed by atoms with Crippen LogP contribution in [0.2, 0.25) is 0 Å². The number of hydrogen-bond donors (Lipinski definition) is 1. The first-order chi connectivity index (χ1) is 16.1. The lowest BCUT2D eigenvalue weighted by Gasteiger charge is -2.34. The van der Waals surface area contributed by atoms with Crippen LogP contribution in [0.1, 0.15) is 40.8 Å². The number of nitrogens with zero attached hydrogens (tertiary/aromatic N) is 2. The number of ketones is 1. The lowest BCUT2D eigenvalue weighted by Crippen LogP contribution is -2.48. The van der Waals surface area contributed by atoms with E-state index in [9.17, 15) is 18.0 Å². The van der Waals surface area contributed by atoms with Crippen LogP contribution in [-0.4, -0.2) is 54.7 Å². The Morgan fingerprint density at radius 3 is 2.38 bits per heavy atom. The molecule has 0 saturated carbocycles. The molecule has 1 amide bonds. The number of rotatable bonds is 6. The molecule has 2 heterocycles. The van der Waals surface area contributed by atoms with Crippen molar-refractivity contribution >= 4 is 38.2 Å². The van der Waals surface area contributed by atoms with E-state index in [1.54, 1.807) is 0 Å². The topological polar surface area (TPSA) is 106 Å². The molecular weight excluding hydrogens is 474 g/mol. The fourth-order valence-corrected chi connectivity index (χ4v) is 6.36. The SMILES string of the molecule is CC(=O)c1sc(NC(=O)c2cccc(S(=O)(=O)N3CC(C)OC(C)C3)c2)nc1-c1ccccc1. The van der Waals surface area contributed by atoms with Crippen LogP contribution in [0, 0.1) is 0 Å². The lowest BCUT2D eigenvalue weighted by molar-refractivity contribution is -0.0440. The monoisotopic (exact) mass is 499 g/mol. The average Bonchev–Trinajstić information content (AvgIpc) is 3.23. The third-order valence-corrected chi connectivity index (χ3v) is 8.23. The Balaban J connectivity index is 1.58. The highest BCUT2D eigenvalue weighted by molar-refractivity contribution is 7.89. The summed E-state index contributed by atoms with van der Waals surface area (Å²) in [6.45, 7) is 5.61. The van der Waals surface area contributed by atoms with Crippen molar-refractivity contribution in [2.24, 2.45) is 0 Å². The predicted molar refractivity (Wildman–Crippen MR) is 131 cm³/mol. The van der Waals surface area contributed by atoms with E-state index in [0.29, 0.717) is 10.6 Å². The second-order valence-electron chi connectivity index (χ2n) is 8.18. The van der Waals surface area contributed by atoms with Crippen LogP contribution >= 0.6 is 11.3 Å². The maximum atomic E-state index is 13.2. The zero-order chi connectivity index (χ0) is 24.5. The Hall–Kier alpha value is -2.92. The molecule has 2 atom stereocenters. The van der Waals surface area contributed by atoms with Gasteiger partial charge in [0.1, 0.15) is 0 Å². The van der Waals surface area contributed by atoms with E-state index < -0.39 is 15.9 Å². The van der Waals surface area contributed by atoms with Gasteiger partial charge in [0.05, 0.1) is 27.7 Å². The summed E-state index contributed by atoms with van der Waals surface area (Å²) in [5, 5.41) is 2.97. The molecule has 2 aromatic carbocycles. The molecule has 2 unspecified atom stereocenters. The summed E-state index contributed by atoms with van der Waals surface area (Å²) >= 11 is 1.09. The number of anilines is 1. The van der Waals surface area contributed by atoms with Crippen molar-refractivity contribution in [3.8, 4) is 11.3 Å². The van der Waals surface area contributed by atoms with Crippen molar-refractivity contribution in [3.63, 3.8) is 0 Å². The van der Waals surface area contributed by atoms with Crippen molar-refractivity contribution in [2.45, 2.75) is 37.9 Å². The van der Waals surface area contributed by atoms with Gasteiger partial charge in [-0.2, -0.15) is 4.31 Å². The standard InChI is InChI=1S/C24H25N3O5S2/c1-15-13-27(14-16(2)32-15)34(30,31)20-11-7-10-19(12-20)23(29)26-24-25-21(22(33-24)17(3)28)18-8-5-4-6-9-18/h4-12,15-16H,13-14H2,1-3H3,(H,25,26,29). The zero-order valence-electron chi connectivity index (χ0n) is 19.0. The van der Waals surface area contributed by atoms with E-state index in [2.05, 4.69) is 10.3 Å². The number of amides is 1. The minimum Gasteiger partial charge on any atom is -0.373 e. The molecule has 1 saturated heterocycles. The maximum absolute atomic E-state index is 13.2. The third kappa shape index (κ3) is 5.10. The van der Waals surface area contributed by atoms with Crippen molar-refractivity contribution in [3.05, 3.63) is 65.0 Å². The largest absolute Gasteiger partial charge is 0.373 e. The second-order valence-corrected chi connectivity index (χ2v) is 11.1. The van der Waals surface area contributed by atoms with Crippen molar-refractivity contribution in [1.82, 2.24) is 9.29 Å². The smallest absolute Gasteiger partial charge is 0.257 e. The van der Waals surface area contributed by atoms with Gasteiger partial charge in [-0.1, -0.05) is 47.7 Å². The molecule has 0 aliphatic carbocycles. The maximum Gasteiger partial charge on any atom is 0.257 e. The number of sulfonamides is 1. The van der Waals surface area contributed by atoms with Crippen LogP contribution in [0.4, 0.5) is 5.13 Å². The Kier molecular flexibility index (Phi) is 6.94. The summed E-state index contributed by atoms with van der Waals surface area (Å²) in [7, 11) is -3.79. The van der Waals surface area contributed by atoms with Gasteiger partial charge in [0.15, 0.2) is 10.9 Å². The lowest BCUT2D eigenvalue weighted by atomic mass is 10.1. The number of benzene rings is 2. The Bertz CT molecular complexity index is 1310. The molecule has 0 radical (unpaired) electrons. The summed E-state index contributed by atoms with van der Waals surface area (Å²) in [6.07, 6.45) is -0.437. The molecule has 1 aliphatic heterocycles. The van der Waals surface area contributed by atoms with Gasteiger partial charge in [-0.15, -0.1) is 0 Å². The number of thiazole rings is 1. The molecule has 8 nitrogen and oxygen atoms in total. The first-order valence-electron chi connectivity index (χ1n) is 10.8. The van der Waals surface area contributed by atoms with E-state index in [4.69, 9.17) is 4.74 Å². The number of Topliss-reactive ketones (excluding diaryl/α,β-unsaturated/α-hetero) is 1. The summed E-state index contributed by atoms with van der Waals surface area (Å²) in [4.78, 5) is 30.0. The molecule has 3 aromatic rings. The molecular formula is C24H25N3O5S2. The van der Waals surface area contributed by atoms with E-state index in [0.717, 1.165) is 16.9 Å². The summed E-state index contributed by atoms with van der Waals surface area (Å²) in [5.41, 5.74) is 1.45. The van der Waals surface area contributed by atoms with E-state index in [1.165, 1.54) is 35.5 Å². The molecule has 0 bridgehead atoms. The highest BCUT2D eigenvalue weighted by atomic mass is 32.2. The van der Waals surface area contributed by atoms with Crippen LogP contribution in [-0.2, 0) is 14.8 Å². The highest BCUT2D eigenvalue weighted by Crippen LogP contribution is 2.32. The number of ether oxygens (including phenoxy) is 1. The first-order valence-corrected chi connectivity index (χ1v) is 13.0. The first kappa shape index (κ1) is 24.2. The van der Waals surface area contributed by atoms with Gasteiger partial charge in [-0.05, 0) is 32.0 Å². The van der Waals surface area contributed by atoms with E-state index >= 15 is 0 Å². The van der Waals surface area contributed by atoms with Gasteiger partial charge in [-0.25, -0.2) is 13.4 Å². The molecule has 178 valence electrons. The Morgan fingerprint density at radius 2 is 1.74 bits per heavy atom. The van der Waals surface area contributed by atoms with Gasteiger partial charge in [0.25, 0.3) is 5.91 Å².